The van der Waals surface area contributed by atoms with Gasteiger partial charge < -0.3 is 32.1 Å². The fourth-order valence-corrected chi connectivity index (χ4v) is 4.84. The zero-order valence-electron chi connectivity index (χ0n) is 20.3. The van der Waals surface area contributed by atoms with E-state index in [-0.39, 0.29) is 11.8 Å². The second kappa shape index (κ2) is 14.0. The molecule has 7 N–H and O–H groups in total. The number of benzene rings is 2. The first-order chi connectivity index (χ1) is 17.3. The molecular formula is C26H35N5O4S. The van der Waals surface area contributed by atoms with Crippen LogP contribution in [0.5, 0.6) is 0 Å². The first-order valence-electron chi connectivity index (χ1n) is 12.1. The first-order valence-corrected chi connectivity index (χ1v) is 13.3. The standard InChI is InChI=1S/C26H35N5O4S/c27-21(26(35)31-13-14-36-17-31)11-4-5-12-29-24(33)19-9-6-10-20(16-19)30-25(34)23(32)22(28)15-18-7-2-1-3-8-18/h1-3,6-10,16,21-23,32H,4-5,11-15,17,27-28H2,(H,29,33)(H,30,34)/t21?,22-,23?/m1/s1. The number of anilines is 1. The fraction of sp³-hybridized carbons (Fsp3) is 0.423. The third-order valence-corrected chi connectivity index (χ3v) is 6.96. The van der Waals surface area contributed by atoms with Gasteiger partial charge in [-0.2, -0.15) is 0 Å². The van der Waals surface area contributed by atoms with E-state index in [9.17, 15) is 19.5 Å². The molecular weight excluding hydrogens is 478 g/mol. The number of aliphatic hydroxyl groups is 1. The zero-order chi connectivity index (χ0) is 25.9. The lowest BCUT2D eigenvalue weighted by atomic mass is 10.0. The lowest BCUT2D eigenvalue weighted by molar-refractivity contribution is -0.131. The van der Waals surface area contributed by atoms with Gasteiger partial charge in [0.2, 0.25) is 5.91 Å². The molecule has 0 aliphatic carbocycles. The number of carbonyl (C=O) groups excluding carboxylic acids is 3. The van der Waals surface area contributed by atoms with Crippen molar-refractivity contribution in [2.75, 3.05) is 30.0 Å². The first kappa shape index (κ1) is 27.7. The summed E-state index contributed by atoms with van der Waals surface area (Å²) in [4.78, 5) is 39.0. The third kappa shape index (κ3) is 8.34. The Morgan fingerprint density at radius 2 is 1.83 bits per heavy atom. The number of rotatable bonds is 12. The van der Waals surface area contributed by atoms with Crippen molar-refractivity contribution in [3.63, 3.8) is 0 Å². The number of hydrogen-bond acceptors (Lipinski definition) is 7. The molecule has 3 atom stereocenters. The van der Waals surface area contributed by atoms with Crippen molar-refractivity contribution in [2.45, 2.75) is 43.9 Å². The summed E-state index contributed by atoms with van der Waals surface area (Å²) >= 11 is 1.73. The normalized spacial score (nSPS) is 15.7. The fourth-order valence-electron chi connectivity index (χ4n) is 3.89. The highest BCUT2D eigenvalue weighted by atomic mass is 32.2. The van der Waals surface area contributed by atoms with Crippen LogP contribution in [0, 0.1) is 0 Å². The predicted molar refractivity (Wildman–Crippen MR) is 142 cm³/mol. The van der Waals surface area contributed by atoms with E-state index < -0.39 is 24.1 Å². The predicted octanol–water partition coefficient (Wildman–Crippen LogP) is 1.32. The van der Waals surface area contributed by atoms with E-state index in [0.717, 1.165) is 24.3 Å². The van der Waals surface area contributed by atoms with Crippen molar-refractivity contribution in [2.24, 2.45) is 11.5 Å². The van der Waals surface area contributed by atoms with Crippen LogP contribution >= 0.6 is 11.8 Å². The van der Waals surface area contributed by atoms with E-state index in [0.29, 0.717) is 42.9 Å². The van der Waals surface area contributed by atoms with E-state index in [1.807, 2.05) is 30.3 Å². The highest BCUT2D eigenvalue weighted by Gasteiger charge is 2.24. The molecule has 1 saturated heterocycles. The molecule has 0 saturated carbocycles. The minimum absolute atomic E-state index is 0.00552. The average molecular weight is 514 g/mol. The summed E-state index contributed by atoms with van der Waals surface area (Å²) in [7, 11) is 0. The molecule has 36 heavy (non-hydrogen) atoms. The third-order valence-electron chi connectivity index (χ3n) is 5.99. The van der Waals surface area contributed by atoms with Gasteiger partial charge in [-0.15, -0.1) is 11.8 Å². The Morgan fingerprint density at radius 1 is 1.06 bits per heavy atom. The van der Waals surface area contributed by atoms with Crippen LogP contribution in [0.3, 0.4) is 0 Å². The minimum Gasteiger partial charge on any atom is -0.382 e. The van der Waals surface area contributed by atoms with E-state index in [1.54, 1.807) is 40.9 Å². The topological polar surface area (TPSA) is 151 Å². The smallest absolute Gasteiger partial charge is 0.254 e. The van der Waals surface area contributed by atoms with Gasteiger partial charge in [-0.1, -0.05) is 36.4 Å². The molecule has 1 aliphatic rings. The molecule has 0 bridgehead atoms. The van der Waals surface area contributed by atoms with Crippen molar-refractivity contribution in [3.8, 4) is 0 Å². The number of unbranched alkanes of at least 4 members (excludes halogenated alkanes) is 1. The van der Waals surface area contributed by atoms with Crippen molar-refractivity contribution in [1.82, 2.24) is 10.2 Å². The number of hydrogen-bond donors (Lipinski definition) is 5. The van der Waals surface area contributed by atoms with Crippen molar-refractivity contribution >= 4 is 35.2 Å². The van der Waals surface area contributed by atoms with Crippen molar-refractivity contribution < 1.29 is 19.5 Å². The molecule has 2 aromatic rings. The van der Waals surface area contributed by atoms with Gasteiger partial charge in [0.15, 0.2) is 0 Å². The van der Waals surface area contributed by atoms with Crippen LogP contribution in [0.1, 0.15) is 35.2 Å². The van der Waals surface area contributed by atoms with Crippen LogP contribution in [-0.4, -0.2) is 70.6 Å². The highest BCUT2D eigenvalue weighted by molar-refractivity contribution is 7.99. The van der Waals surface area contributed by atoms with Crippen LogP contribution in [0.15, 0.2) is 54.6 Å². The molecule has 3 rings (SSSR count). The summed E-state index contributed by atoms with van der Waals surface area (Å²) in [5.41, 5.74) is 13.7. The van der Waals surface area contributed by atoms with Gasteiger partial charge in [-0.25, -0.2) is 0 Å². The van der Waals surface area contributed by atoms with E-state index in [2.05, 4.69) is 10.6 Å². The Morgan fingerprint density at radius 3 is 2.56 bits per heavy atom. The summed E-state index contributed by atoms with van der Waals surface area (Å²) in [6.45, 7) is 1.20. The quantitative estimate of drug-likeness (QED) is 0.269. The largest absolute Gasteiger partial charge is 0.382 e. The van der Waals surface area contributed by atoms with E-state index >= 15 is 0 Å². The lowest BCUT2D eigenvalue weighted by Crippen LogP contribution is -2.44. The lowest BCUT2D eigenvalue weighted by Gasteiger charge is -2.19. The Labute approximate surface area is 216 Å². The molecule has 2 aromatic carbocycles. The molecule has 0 aromatic heterocycles. The van der Waals surface area contributed by atoms with Crippen LogP contribution in [0.2, 0.25) is 0 Å². The Bertz CT molecular complexity index is 1020. The van der Waals surface area contributed by atoms with Crippen LogP contribution < -0.4 is 22.1 Å². The van der Waals surface area contributed by atoms with Crippen LogP contribution in [0.4, 0.5) is 5.69 Å². The number of carbonyl (C=O) groups is 3. The SMILES string of the molecule is NC(CCCCNC(=O)c1cccc(NC(=O)C(O)[C@H](N)Cc2ccccc2)c1)C(=O)N1CCSC1. The number of aliphatic hydroxyl groups excluding tert-OH is 1. The van der Waals surface area contributed by atoms with Crippen LogP contribution in [-0.2, 0) is 16.0 Å². The summed E-state index contributed by atoms with van der Waals surface area (Å²) < 4.78 is 0. The minimum atomic E-state index is -1.40. The van der Waals surface area contributed by atoms with Gasteiger partial charge >= 0.3 is 0 Å². The molecule has 9 nitrogen and oxygen atoms in total. The van der Waals surface area contributed by atoms with Gasteiger partial charge in [0.05, 0.1) is 11.9 Å². The van der Waals surface area contributed by atoms with Gasteiger partial charge in [0.25, 0.3) is 11.8 Å². The van der Waals surface area contributed by atoms with E-state index in [1.165, 1.54) is 0 Å². The number of nitrogens with zero attached hydrogens (tertiary/aromatic N) is 1. The number of nitrogens with two attached hydrogens (primary N) is 2. The van der Waals surface area contributed by atoms with Gasteiger partial charge in [-0.3, -0.25) is 14.4 Å². The maximum Gasteiger partial charge on any atom is 0.254 e. The monoisotopic (exact) mass is 513 g/mol. The molecule has 10 heteroatoms. The molecule has 1 heterocycles. The van der Waals surface area contributed by atoms with Crippen molar-refractivity contribution in [1.29, 1.82) is 0 Å². The van der Waals surface area contributed by atoms with E-state index in [4.69, 9.17) is 11.5 Å². The number of thioether (sulfide) groups is 1. The summed E-state index contributed by atoms with van der Waals surface area (Å²) in [5.74, 6) is 0.754. The summed E-state index contributed by atoms with van der Waals surface area (Å²) in [5, 5.41) is 15.8. The Hall–Kier alpha value is -2.92. The second-order valence-corrected chi connectivity index (χ2v) is 9.94. The Balaban J connectivity index is 1.40. The molecule has 1 aliphatic heterocycles. The molecule has 0 spiro atoms. The summed E-state index contributed by atoms with van der Waals surface area (Å²) in [6.07, 6.45) is 0.958. The average Bonchev–Trinajstić information content (AvgIpc) is 3.43. The van der Waals surface area contributed by atoms with Crippen molar-refractivity contribution in [3.05, 3.63) is 65.7 Å². The molecule has 3 amide bonds. The Kier molecular flexibility index (Phi) is 10.7. The summed E-state index contributed by atoms with van der Waals surface area (Å²) in [6, 6.07) is 14.6. The molecule has 2 unspecified atom stereocenters. The molecule has 1 fully saturated rings. The second-order valence-electron chi connectivity index (χ2n) is 8.87. The van der Waals surface area contributed by atoms with Gasteiger partial charge in [0.1, 0.15) is 6.10 Å². The maximum atomic E-state index is 12.5. The molecule has 194 valence electrons. The van der Waals surface area contributed by atoms with Crippen LogP contribution in [0.25, 0.3) is 0 Å². The highest BCUT2D eigenvalue weighted by Crippen LogP contribution is 2.15. The maximum absolute atomic E-state index is 12.5. The zero-order valence-corrected chi connectivity index (χ0v) is 21.1. The number of nitrogens with one attached hydrogen (secondary N) is 2. The van der Waals surface area contributed by atoms with Gasteiger partial charge in [0, 0.05) is 36.1 Å². The molecule has 0 radical (unpaired) electrons. The van der Waals surface area contributed by atoms with Gasteiger partial charge in [-0.05, 0) is 49.4 Å². The number of amides is 3.